The van der Waals surface area contributed by atoms with Crippen molar-refractivity contribution in [3.05, 3.63) is 42.5 Å². The number of nitrogens with zero attached hydrogens (tertiary/aromatic N) is 1. The minimum Gasteiger partial charge on any atom is -0.494 e. The molecule has 2 rings (SSSR count). The van der Waals surface area contributed by atoms with Gasteiger partial charge in [0, 0.05) is 24.9 Å². The molecule has 2 N–H and O–H groups in total. The maximum Gasteiger partial charge on any atom is 0.257 e. The molecule has 0 aliphatic heterocycles. The highest BCUT2D eigenvalue weighted by Crippen LogP contribution is 2.17. The fourth-order valence-corrected chi connectivity index (χ4v) is 1.76. The fraction of sp³-hybridized carbons (Fsp3) is 0.333. The van der Waals surface area contributed by atoms with Gasteiger partial charge in [-0.15, -0.1) is 0 Å². The van der Waals surface area contributed by atoms with E-state index in [4.69, 9.17) is 9.47 Å². The second kappa shape index (κ2) is 7.94. The predicted molar refractivity (Wildman–Crippen MR) is 78.4 cm³/mol. The number of hydrogen-bond acceptors (Lipinski definition) is 4. The Balaban J connectivity index is 1.66. The zero-order valence-electron chi connectivity index (χ0n) is 12.0. The summed E-state index contributed by atoms with van der Waals surface area (Å²) in [6, 6.07) is 7.19. The predicted octanol–water partition coefficient (Wildman–Crippen LogP) is 1.55. The van der Waals surface area contributed by atoms with Crippen LogP contribution in [0.25, 0.3) is 0 Å². The van der Waals surface area contributed by atoms with Crippen LogP contribution in [0.15, 0.2) is 36.8 Å². The fourth-order valence-electron chi connectivity index (χ4n) is 1.76. The number of rotatable bonds is 8. The quantitative estimate of drug-likeness (QED) is 0.773. The molecular weight excluding hydrogens is 270 g/mol. The summed E-state index contributed by atoms with van der Waals surface area (Å²) < 4.78 is 10.7. The van der Waals surface area contributed by atoms with Gasteiger partial charge >= 0.3 is 0 Å². The van der Waals surface area contributed by atoms with Crippen LogP contribution in [-0.4, -0.2) is 35.6 Å². The molecule has 0 unspecified atom stereocenters. The van der Waals surface area contributed by atoms with Gasteiger partial charge in [-0.25, -0.2) is 4.98 Å². The summed E-state index contributed by atoms with van der Waals surface area (Å²) >= 11 is 0. The van der Waals surface area contributed by atoms with Crippen molar-refractivity contribution in [3.8, 4) is 11.5 Å². The van der Waals surface area contributed by atoms with Crippen LogP contribution in [0.2, 0.25) is 0 Å². The van der Waals surface area contributed by atoms with Gasteiger partial charge in [0.1, 0.15) is 11.5 Å². The number of imidazole rings is 1. The molecule has 0 saturated carbocycles. The van der Waals surface area contributed by atoms with Crippen molar-refractivity contribution in [2.45, 2.75) is 13.3 Å². The lowest BCUT2D eigenvalue weighted by molar-refractivity contribution is -0.123. The lowest BCUT2D eigenvalue weighted by Crippen LogP contribution is -2.30. The first-order valence-corrected chi connectivity index (χ1v) is 6.87. The van der Waals surface area contributed by atoms with Crippen molar-refractivity contribution < 1.29 is 14.3 Å². The molecule has 0 aliphatic carbocycles. The molecule has 0 aliphatic rings. The van der Waals surface area contributed by atoms with Gasteiger partial charge in [-0.05, 0) is 31.2 Å². The third-order valence-electron chi connectivity index (χ3n) is 2.78. The Hall–Kier alpha value is -2.50. The van der Waals surface area contributed by atoms with Crippen molar-refractivity contribution in [1.29, 1.82) is 0 Å². The van der Waals surface area contributed by atoms with Gasteiger partial charge in [-0.3, -0.25) is 4.79 Å². The van der Waals surface area contributed by atoms with Crippen LogP contribution >= 0.6 is 0 Å². The summed E-state index contributed by atoms with van der Waals surface area (Å²) in [6.45, 7) is 3.10. The standard InChI is InChI=1S/C15H19N3O3/c1-2-20-13-3-5-14(6-4-13)21-10-15(19)17-8-7-12-9-16-11-18-12/h3-6,9,11H,2,7-8,10H2,1H3,(H,16,18)(H,17,19). The van der Waals surface area contributed by atoms with Crippen LogP contribution in [0.1, 0.15) is 12.6 Å². The molecule has 0 bridgehead atoms. The molecule has 0 spiro atoms. The van der Waals surface area contributed by atoms with Crippen molar-refractivity contribution in [2.24, 2.45) is 0 Å². The van der Waals surface area contributed by atoms with E-state index in [9.17, 15) is 4.79 Å². The number of aromatic amines is 1. The van der Waals surface area contributed by atoms with Crippen molar-refractivity contribution in [1.82, 2.24) is 15.3 Å². The molecule has 6 nitrogen and oxygen atoms in total. The van der Waals surface area contributed by atoms with Gasteiger partial charge in [-0.1, -0.05) is 0 Å². The summed E-state index contributed by atoms with van der Waals surface area (Å²) in [7, 11) is 0. The van der Waals surface area contributed by atoms with E-state index in [2.05, 4.69) is 15.3 Å². The third kappa shape index (κ3) is 5.18. The zero-order chi connectivity index (χ0) is 14.9. The van der Waals surface area contributed by atoms with Crippen LogP contribution in [0.4, 0.5) is 0 Å². The summed E-state index contributed by atoms with van der Waals surface area (Å²) in [6.07, 6.45) is 4.07. The van der Waals surface area contributed by atoms with Gasteiger partial charge in [0.2, 0.25) is 0 Å². The van der Waals surface area contributed by atoms with Crippen LogP contribution < -0.4 is 14.8 Å². The van der Waals surface area contributed by atoms with Crippen molar-refractivity contribution >= 4 is 5.91 Å². The molecule has 0 radical (unpaired) electrons. The molecule has 21 heavy (non-hydrogen) atoms. The van der Waals surface area contributed by atoms with E-state index >= 15 is 0 Å². The second-order valence-corrected chi connectivity index (χ2v) is 4.37. The van der Waals surface area contributed by atoms with E-state index < -0.39 is 0 Å². The van der Waals surface area contributed by atoms with Crippen LogP contribution in [0.3, 0.4) is 0 Å². The molecule has 2 aromatic rings. The second-order valence-electron chi connectivity index (χ2n) is 4.37. The highest BCUT2D eigenvalue weighted by molar-refractivity contribution is 5.77. The molecule has 0 atom stereocenters. The topological polar surface area (TPSA) is 76.2 Å². The average Bonchev–Trinajstić information content (AvgIpc) is 3.00. The number of aromatic nitrogens is 2. The lowest BCUT2D eigenvalue weighted by Gasteiger charge is -2.08. The van der Waals surface area contributed by atoms with E-state index in [0.29, 0.717) is 18.9 Å². The minimum atomic E-state index is -0.150. The Morgan fingerprint density at radius 1 is 1.24 bits per heavy atom. The summed E-state index contributed by atoms with van der Waals surface area (Å²) in [5, 5.41) is 2.79. The SMILES string of the molecule is CCOc1ccc(OCC(=O)NCCc2cnc[nH]2)cc1. The van der Waals surface area contributed by atoms with E-state index in [-0.39, 0.29) is 12.5 Å². The number of carbonyl (C=O) groups is 1. The molecule has 112 valence electrons. The van der Waals surface area contributed by atoms with Gasteiger partial charge in [0.05, 0.1) is 12.9 Å². The van der Waals surface area contributed by atoms with Crippen molar-refractivity contribution in [2.75, 3.05) is 19.8 Å². The maximum absolute atomic E-state index is 11.6. The van der Waals surface area contributed by atoms with Crippen LogP contribution in [0.5, 0.6) is 11.5 Å². The molecule has 0 fully saturated rings. The zero-order valence-corrected chi connectivity index (χ0v) is 12.0. The number of H-pyrrole nitrogens is 1. The van der Waals surface area contributed by atoms with E-state index in [1.807, 2.05) is 19.1 Å². The minimum absolute atomic E-state index is 0.00302. The summed E-state index contributed by atoms with van der Waals surface area (Å²) in [5.74, 6) is 1.28. The Kier molecular flexibility index (Phi) is 5.63. The maximum atomic E-state index is 11.6. The molecule has 1 aromatic heterocycles. The van der Waals surface area contributed by atoms with Gasteiger partial charge in [0.25, 0.3) is 5.91 Å². The molecular formula is C15H19N3O3. The average molecular weight is 289 g/mol. The molecule has 6 heteroatoms. The van der Waals surface area contributed by atoms with Crippen LogP contribution in [0, 0.1) is 0 Å². The van der Waals surface area contributed by atoms with E-state index in [1.54, 1.807) is 24.7 Å². The van der Waals surface area contributed by atoms with Gasteiger partial charge < -0.3 is 19.8 Å². The molecule has 1 heterocycles. The smallest absolute Gasteiger partial charge is 0.257 e. The normalized spacial score (nSPS) is 10.1. The molecule has 1 aromatic carbocycles. The van der Waals surface area contributed by atoms with E-state index in [0.717, 1.165) is 17.9 Å². The number of nitrogens with one attached hydrogen (secondary N) is 2. The Labute approximate surface area is 123 Å². The number of ether oxygens (including phenoxy) is 2. The first kappa shape index (κ1) is 14.9. The number of carbonyl (C=O) groups excluding carboxylic acids is 1. The molecule has 1 amide bonds. The number of hydrogen-bond donors (Lipinski definition) is 2. The largest absolute Gasteiger partial charge is 0.494 e. The van der Waals surface area contributed by atoms with Crippen molar-refractivity contribution in [3.63, 3.8) is 0 Å². The monoisotopic (exact) mass is 289 g/mol. The summed E-state index contributed by atoms with van der Waals surface area (Å²) in [4.78, 5) is 18.5. The highest BCUT2D eigenvalue weighted by atomic mass is 16.5. The highest BCUT2D eigenvalue weighted by Gasteiger charge is 2.03. The Morgan fingerprint density at radius 2 is 1.95 bits per heavy atom. The van der Waals surface area contributed by atoms with E-state index in [1.165, 1.54) is 0 Å². The number of amides is 1. The lowest BCUT2D eigenvalue weighted by atomic mass is 10.3. The van der Waals surface area contributed by atoms with Crippen LogP contribution in [-0.2, 0) is 11.2 Å². The molecule has 0 saturated heterocycles. The third-order valence-corrected chi connectivity index (χ3v) is 2.78. The first-order chi connectivity index (χ1) is 10.3. The number of benzene rings is 1. The first-order valence-electron chi connectivity index (χ1n) is 6.87. The van der Waals surface area contributed by atoms with Gasteiger partial charge in [0.15, 0.2) is 6.61 Å². The Bertz CT molecular complexity index is 538. The van der Waals surface area contributed by atoms with Gasteiger partial charge in [-0.2, -0.15) is 0 Å². The Morgan fingerprint density at radius 3 is 2.57 bits per heavy atom. The summed E-state index contributed by atoms with van der Waals surface area (Å²) in [5.41, 5.74) is 0.989.